The Morgan fingerprint density at radius 1 is 1.00 bits per heavy atom. The fourth-order valence-electron chi connectivity index (χ4n) is 5.59. The summed E-state index contributed by atoms with van der Waals surface area (Å²) in [5.41, 5.74) is 2.76. The van der Waals surface area contributed by atoms with Crippen molar-refractivity contribution in [1.29, 1.82) is 0 Å². The Kier molecular flexibility index (Phi) is 4.41. The number of hydrogen-bond donors (Lipinski definition) is 2. The lowest BCUT2D eigenvalue weighted by molar-refractivity contribution is -0.123. The number of para-hydroxylation sites is 1. The molecule has 2 bridgehead atoms. The molecule has 2 N–H and O–H groups in total. The van der Waals surface area contributed by atoms with Crippen molar-refractivity contribution in [3.8, 4) is 0 Å². The van der Waals surface area contributed by atoms with Gasteiger partial charge in [-0.05, 0) is 60.2 Å². The van der Waals surface area contributed by atoms with E-state index in [0.29, 0.717) is 22.5 Å². The summed E-state index contributed by atoms with van der Waals surface area (Å²) in [5.74, 6) is -0.791. The highest BCUT2D eigenvalue weighted by molar-refractivity contribution is 6.23. The second kappa shape index (κ2) is 7.35. The van der Waals surface area contributed by atoms with Crippen LogP contribution in [0.3, 0.4) is 0 Å². The normalized spacial score (nSPS) is 25.2. The SMILES string of the molecule is O=C(Nc1cccc2c(CO)ccnc12)c1ccc(N2C(=O)[C@@H]3[C@H](C2=O)C2C=C[C@H]3C2)cc1. The third-order valence-electron chi connectivity index (χ3n) is 7.14. The molecule has 1 aromatic heterocycles. The zero-order chi connectivity index (χ0) is 22.7. The number of carbonyl (C=O) groups is 3. The minimum atomic E-state index is -0.330. The average molecular weight is 439 g/mol. The first-order valence-electron chi connectivity index (χ1n) is 11.0. The average Bonchev–Trinajstić information content (AvgIpc) is 3.52. The number of nitrogens with one attached hydrogen (secondary N) is 1. The van der Waals surface area contributed by atoms with Crippen LogP contribution < -0.4 is 10.2 Å². The van der Waals surface area contributed by atoms with Crippen molar-refractivity contribution >= 4 is 40.0 Å². The first kappa shape index (κ1) is 19.8. The monoisotopic (exact) mass is 439 g/mol. The van der Waals surface area contributed by atoms with Crippen molar-refractivity contribution in [2.24, 2.45) is 23.7 Å². The number of aliphatic hydroxyl groups is 1. The summed E-state index contributed by atoms with van der Waals surface area (Å²) in [6.07, 6.45) is 6.63. The maximum Gasteiger partial charge on any atom is 0.255 e. The second-order valence-electron chi connectivity index (χ2n) is 8.84. The molecule has 1 saturated heterocycles. The number of aliphatic hydroxyl groups excluding tert-OH is 1. The molecule has 1 saturated carbocycles. The number of anilines is 2. The van der Waals surface area contributed by atoms with E-state index in [2.05, 4.69) is 22.5 Å². The van der Waals surface area contributed by atoms with Crippen LogP contribution in [0.25, 0.3) is 10.9 Å². The number of amides is 3. The predicted octanol–water partition coefficient (Wildman–Crippen LogP) is 3.29. The van der Waals surface area contributed by atoms with Crippen LogP contribution in [0.1, 0.15) is 22.3 Å². The summed E-state index contributed by atoms with van der Waals surface area (Å²) in [6.45, 7) is -0.120. The van der Waals surface area contributed by atoms with Gasteiger partial charge < -0.3 is 10.4 Å². The van der Waals surface area contributed by atoms with E-state index in [-0.39, 0.29) is 48.0 Å². The highest BCUT2D eigenvalue weighted by atomic mass is 16.3. The predicted molar refractivity (Wildman–Crippen MR) is 122 cm³/mol. The standard InChI is InChI=1S/C26H21N3O4/c30-13-17-10-11-27-23-19(17)2-1-3-20(23)28-24(31)14-6-8-18(9-7-14)29-25(32)21-15-4-5-16(12-15)22(21)26(29)33/h1-11,15-16,21-22,30H,12-13H2,(H,28,31)/t15-,16?,21-,22+/m0/s1. The Bertz CT molecular complexity index is 1320. The summed E-state index contributed by atoms with van der Waals surface area (Å²) in [5, 5.41) is 13.2. The molecule has 2 fully saturated rings. The highest BCUT2D eigenvalue weighted by Crippen LogP contribution is 2.53. The van der Waals surface area contributed by atoms with Gasteiger partial charge in [-0.2, -0.15) is 0 Å². The lowest BCUT2D eigenvalue weighted by Gasteiger charge is -2.17. The van der Waals surface area contributed by atoms with E-state index in [0.717, 1.165) is 17.4 Å². The Morgan fingerprint density at radius 3 is 2.36 bits per heavy atom. The summed E-state index contributed by atoms with van der Waals surface area (Å²) in [6, 6.07) is 13.7. The van der Waals surface area contributed by atoms with E-state index >= 15 is 0 Å². The number of fused-ring (bicyclic) bond motifs is 6. The lowest BCUT2D eigenvalue weighted by atomic mass is 9.85. The number of imide groups is 1. The molecule has 33 heavy (non-hydrogen) atoms. The Labute approximate surface area is 189 Å². The highest BCUT2D eigenvalue weighted by Gasteiger charge is 2.59. The van der Waals surface area contributed by atoms with Gasteiger partial charge in [0.05, 0.1) is 35.3 Å². The summed E-state index contributed by atoms with van der Waals surface area (Å²) < 4.78 is 0. The molecular weight excluding hydrogens is 418 g/mol. The van der Waals surface area contributed by atoms with Gasteiger partial charge in [0.1, 0.15) is 0 Å². The van der Waals surface area contributed by atoms with Gasteiger partial charge in [0, 0.05) is 17.1 Å². The van der Waals surface area contributed by atoms with Crippen LogP contribution in [0.2, 0.25) is 0 Å². The van der Waals surface area contributed by atoms with Crippen LogP contribution in [0.15, 0.2) is 66.9 Å². The van der Waals surface area contributed by atoms with Crippen molar-refractivity contribution < 1.29 is 19.5 Å². The third-order valence-corrected chi connectivity index (χ3v) is 7.14. The van der Waals surface area contributed by atoms with E-state index in [1.165, 1.54) is 4.90 Å². The molecule has 3 amide bonds. The van der Waals surface area contributed by atoms with Crippen molar-refractivity contribution in [1.82, 2.24) is 4.98 Å². The quantitative estimate of drug-likeness (QED) is 0.480. The molecule has 2 aromatic carbocycles. The first-order chi connectivity index (χ1) is 16.1. The number of aromatic nitrogens is 1. The molecule has 0 radical (unpaired) electrons. The number of pyridine rings is 1. The van der Waals surface area contributed by atoms with Crippen molar-refractivity contribution in [2.45, 2.75) is 13.0 Å². The summed E-state index contributed by atoms with van der Waals surface area (Å²) >= 11 is 0. The van der Waals surface area contributed by atoms with Crippen LogP contribution in [-0.2, 0) is 16.2 Å². The van der Waals surface area contributed by atoms with E-state index in [9.17, 15) is 19.5 Å². The van der Waals surface area contributed by atoms with Crippen LogP contribution in [0.5, 0.6) is 0 Å². The van der Waals surface area contributed by atoms with Crippen molar-refractivity contribution in [2.75, 3.05) is 10.2 Å². The van der Waals surface area contributed by atoms with E-state index in [1.54, 1.807) is 48.7 Å². The fourth-order valence-corrected chi connectivity index (χ4v) is 5.59. The maximum atomic E-state index is 13.0. The van der Waals surface area contributed by atoms with Gasteiger partial charge in [0.25, 0.3) is 5.91 Å². The lowest BCUT2D eigenvalue weighted by Crippen LogP contribution is -2.32. The van der Waals surface area contributed by atoms with E-state index < -0.39 is 0 Å². The van der Waals surface area contributed by atoms with Gasteiger partial charge in [0.2, 0.25) is 11.8 Å². The number of allylic oxidation sites excluding steroid dienone is 2. The molecule has 4 atom stereocenters. The largest absolute Gasteiger partial charge is 0.392 e. The van der Waals surface area contributed by atoms with Gasteiger partial charge in [-0.3, -0.25) is 24.3 Å². The molecule has 0 spiro atoms. The molecule has 7 heteroatoms. The van der Waals surface area contributed by atoms with E-state index in [4.69, 9.17) is 0 Å². The zero-order valence-corrected chi connectivity index (χ0v) is 17.6. The molecule has 3 aliphatic rings. The Morgan fingerprint density at radius 2 is 1.70 bits per heavy atom. The number of carbonyl (C=O) groups excluding carboxylic acids is 3. The number of benzene rings is 2. The Balaban J connectivity index is 1.24. The molecular formula is C26H21N3O4. The number of rotatable bonds is 4. The van der Waals surface area contributed by atoms with Crippen molar-refractivity contribution in [3.05, 3.63) is 78.0 Å². The molecule has 6 rings (SSSR count). The molecule has 164 valence electrons. The molecule has 7 nitrogen and oxygen atoms in total. The van der Waals surface area contributed by atoms with Crippen LogP contribution in [0, 0.1) is 23.7 Å². The van der Waals surface area contributed by atoms with Gasteiger partial charge in [-0.25, -0.2) is 0 Å². The first-order valence-corrected chi connectivity index (χ1v) is 11.0. The minimum Gasteiger partial charge on any atom is -0.392 e. The zero-order valence-electron chi connectivity index (χ0n) is 17.6. The molecule has 2 heterocycles. The topological polar surface area (TPSA) is 99.6 Å². The second-order valence-corrected chi connectivity index (χ2v) is 8.84. The minimum absolute atomic E-state index is 0.120. The smallest absolute Gasteiger partial charge is 0.255 e. The molecule has 1 aliphatic heterocycles. The van der Waals surface area contributed by atoms with Crippen LogP contribution >= 0.6 is 0 Å². The van der Waals surface area contributed by atoms with E-state index in [1.807, 2.05) is 6.07 Å². The van der Waals surface area contributed by atoms with Gasteiger partial charge in [-0.15, -0.1) is 0 Å². The van der Waals surface area contributed by atoms with Gasteiger partial charge >= 0.3 is 0 Å². The van der Waals surface area contributed by atoms with Crippen LogP contribution in [0.4, 0.5) is 11.4 Å². The molecule has 3 aromatic rings. The Hall–Kier alpha value is -3.84. The maximum absolute atomic E-state index is 13.0. The van der Waals surface area contributed by atoms with Crippen LogP contribution in [-0.4, -0.2) is 27.8 Å². The fraction of sp³-hybridized carbons (Fsp3) is 0.231. The molecule has 1 unspecified atom stereocenters. The summed E-state index contributed by atoms with van der Waals surface area (Å²) in [4.78, 5) is 44.5. The summed E-state index contributed by atoms with van der Waals surface area (Å²) in [7, 11) is 0. The van der Waals surface area contributed by atoms with Crippen molar-refractivity contribution in [3.63, 3.8) is 0 Å². The third kappa shape index (κ3) is 2.93. The molecule has 2 aliphatic carbocycles. The van der Waals surface area contributed by atoms with Gasteiger partial charge in [-0.1, -0.05) is 24.3 Å². The number of nitrogens with zero attached hydrogens (tertiary/aromatic N) is 2. The van der Waals surface area contributed by atoms with Gasteiger partial charge in [0.15, 0.2) is 0 Å². The number of hydrogen-bond acceptors (Lipinski definition) is 5.